The summed E-state index contributed by atoms with van der Waals surface area (Å²) in [6.07, 6.45) is 12.4. The normalized spacial score (nSPS) is 29.0. The van der Waals surface area contributed by atoms with E-state index in [1.54, 1.807) is 5.56 Å². The number of nitrogens with one attached hydrogen (secondary N) is 2. The molecule has 4 aromatic rings. The van der Waals surface area contributed by atoms with Crippen molar-refractivity contribution in [1.82, 2.24) is 20.4 Å². The van der Waals surface area contributed by atoms with Crippen LogP contribution in [0.15, 0.2) is 36.7 Å². The molecule has 0 saturated heterocycles. The lowest BCUT2D eigenvalue weighted by Crippen LogP contribution is -2.12. The van der Waals surface area contributed by atoms with Crippen molar-refractivity contribution in [3.05, 3.63) is 58.9 Å². The Hall–Kier alpha value is -2.62. The summed E-state index contributed by atoms with van der Waals surface area (Å²) in [5, 5.41) is 17.4. The summed E-state index contributed by atoms with van der Waals surface area (Å²) in [5.41, 5.74) is 9.25. The minimum Gasteiger partial charge on any atom is -0.278 e. The Bertz CT molecular complexity index is 1390. The molecule has 0 spiro atoms. The smallest absolute Gasteiger partial charge is 0.0690 e. The van der Waals surface area contributed by atoms with Gasteiger partial charge in [0.05, 0.1) is 23.4 Å². The van der Waals surface area contributed by atoms with Crippen LogP contribution in [0.3, 0.4) is 0 Å². The van der Waals surface area contributed by atoms with Crippen LogP contribution in [0.5, 0.6) is 0 Å². The van der Waals surface area contributed by atoms with Gasteiger partial charge in [-0.2, -0.15) is 10.2 Å². The number of H-pyrrole nitrogens is 2. The van der Waals surface area contributed by atoms with Gasteiger partial charge in [0.1, 0.15) is 0 Å². The van der Waals surface area contributed by atoms with Gasteiger partial charge in [0.2, 0.25) is 0 Å². The van der Waals surface area contributed by atoms with Gasteiger partial charge >= 0.3 is 0 Å². The van der Waals surface area contributed by atoms with Gasteiger partial charge < -0.3 is 0 Å². The molecule has 4 unspecified atom stereocenters. The molecule has 0 aliphatic heterocycles. The van der Waals surface area contributed by atoms with Crippen LogP contribution in [-0.2, 0) is 10.8 Å². The van der Waals surface area contributed by atoms with E-state index in [-0.39, 0.29) is 0 Å². The Labute approximate surface area is 256 Å². The van der Waals surface area contributed by atoms with E-state index in [2.05, 4.69) is 72.4 Å². The minimum absolute atomic E-state index is 0.425. The van der Waals surface area contributed by atoms with E-state index in [9.17, 15) is 0 Å². The van der Waals surface area contributed by atoms with E-state index in [0.29, 0.717) is 10.8 Å². The molecule has 4 saturated carbocycles. The third-order valence-corrected chi connectivity index (χ3v) is 10.5. The summed E-state index contributed by atoms with van der Waals surface area (Å²) in [6, 6.07) is 9.04. The molecule has 4 aliphatic carbocycles. The first-order chi connectivity index (χ1) is 20.4. The fourth-order valence-corrected chi connectivity index (χ4v) is 8.73. The van der Waals surface area contributed by atoms with Gasteiger partial charge in [-0.25, -0.2) is 0 Å². The number of nitrogens with zero attached hydrogens (tertiary/aromatic N) is 2. The van der Waals surface area contributed by atoms with E-state index < -0.39 is 0 Å². The van der Waals surface area contributed by atoms with Crippen LogP contribution in [0.4, 0.5) is 0 Å². The summed E-state index contributed by atoms with van der Waals surface area (Å²) in [4.78, 5) is 0. The highest BCUT2D eigenvalue weighted by Crippen LogP contribution is 2.69. The highest BCUT2D eigenvalue weighted by atomic mass is 15.1. The van der Waals surface area contributed by atoms with Gasteiger partial charge in [0, 0.05) is 21.6 Å². The molecule has 0 radical (unpaired) electrons. The molecule has 4 heteroatoms. The highest BCUT2D eigenvalue weighted by Gasteiger charge is 2.65. The SMILES string of the molecule is CC.CC.CC.CC.Cc1cc(C2(C)C3CCCC32)c2[nH]ncc2c1.Cc1ccc2cn[nH]c2c1C1(C)C2CCCC21. The summed E-state index contributed by atoms with van der Waals surface area (Å²) >= 11 is 0. The Morgan fingerprint density at radius 1 is 0.619 bits per heavy atom. The number of hydrogen-bond acceptors (Lipinski definition) is 2. The molecule has 4 atom stereocenters. The van der Waals surface area contributed by atoms with Crippen LogP contribution in [0.1, 0.15) is 130 Å². The van der Waals surface area contributed by atoms with E-state index in [4.69, 9.17) is 0 Å². The number of aryl methyl sites for hydroxylation is 2. The van der Waals surface area contributed by atoms with Crippen molar-refractivity contribution >= 4 is 21.8 Å². The maximum absolute atomic E-state index is 4.21. The van der Waals surface area contributed by atoms with Crippen LogP contribution < -0.4 is 0 Å². The van der Waals surface area contributed by atoms with E-state index in [1.165, 1.54) is 77.0 Å². The van der Waals surface area contributed by atoms with Crippen LogP contribution in [0.25, 0.3) is 21.8 Å². The second kappa shape index (κ2) is 14.2. The first kappa shape index (κ1) is 33.9. The molecule has 0 bridgehead atoms. The minimum atomic E-state index is 0.425. The molecule has 2 aromatic heterocycles. The van der Waals surface area contributed by atoms with Gasteiger partial charge in [-0.05, 0) is 86.0 Å². The summed E-state index contributed by atoms with van der Waals surface area (Å²) < 4.78 is 0. The Morgan fingerprint density at radius 2 is 1.10 bits per heavy atom. The van der Waals surface area contributed by atoms with Crippen molar-refractivity contribution in [2.24, 2.45) is 23.7 Å². The maximum Gasteiger partial charge on any atom is 0.0690 e. The number of aromatic nitrogens is 4. The maximum atomic E-state index is 4.21. The van der Waals surface area contributed by atoms with Gasteiger partial charge in [-0.15, -0.1) is 0 Å². The van der Waals surface area contributed by atoms with Crippen LogP contribution in [0.2, 0.25) is 0 Å². The molecule has 42 heavy (non-hydrogen) atoms. The topological polar surface area (TPSA) is 57.4 Å². The second-order valence-electron chi connectivity index (χ2n) is 12.1. The average Bonchev–Trinajstić information content (AvgIpc) is 3.62. The largest absolute Gasteiger partial charge is 0.278 e. The van der Waals surface area contributed by atoms with Gasteiger partial charge in [-0.3, -0.25) is 10.2 Å². The summed E-state index contributed by atoms with van der Waals surface area (Å²) in [5.74, 6) is 3.71. The van der Waals surface area contributed by atoms with Crippen LogP contribution >= 0.6 is 0 Å². The summed E-state index contributed by atoms with van der Waals surface area (Å²) in [7, 11) is 0. The molecule has 4 aliphatic rings. The van der Waals surface area contributed by atoms with Crippen LogP contribution in [0, 0.1) is 37.5 Å². The van der Waals surface area contributed by atoms with Gasteiger partial charge in [0.15, 0.2) is 0 Å². The van der Waals surface area contributed by atoms with Crippen molar-refractivity contribution in [3.63, 3.8) is 0 Å². The third kappa shape index (κ3) is 5.55. The lowest BCUT2D eigenvalue weighted by molar-refractivity contribution is 0.550. The molecule has 232 valence electrons. The number of fused-ring (bicyclic) bond motifs is 4. The van der Waals surface area contributed by atoms with E-state index >= 15 is 0 Å². The molecule has 4 fully saturated rings. The third-order valence-electron chi connectivity index (χ3n) is 10.5. The molecular formula is C38H60N4. The van der Waals surface area contributed by atoms with Crippen molar-refractivity contribution < 1.29 is 0 Å². The first-order valence-electron chi connectivity index (χ1n) is 17.3. The van der Waals surface area contributed by atoms with Crippen molar-refractivity contribution in [2.75, 3.05) is 0 Å². The predicted octanol–water partition coefficient (Wildman–Crippen LogP) is 11.2. The first-order valence-corrected chi connectivity index (χ1v) is 17.3. The number of benzene rings is 2. The lowest BCUT2D eigenvalue weighted by atomic mass is 9.85. The zero-order chi connectivity index (χ0) is 31.2. The summed E-state index contributed by atoms with van der Waals surface area (Å²) in [6.45, 7) is 25.4. The number of aromatic amines is 2. The molecular weight excluding hydrogens is 512 g/mol. The quantitative estimate of drug-likeness (QED) is 0.251. The van der Waals surface area contributed by atoms with Gasteiger partial charge in [0.25, 0.3) is 0 Å². The highest BCUT2D eigenvalue weighted by molar-refractivity contribution is 5.85. The molecule has 8 rings (SSSR count). The van der Waals surface area contributed by atoms with Gasteiger partial charge in [-0.1, -0.05) is 106 Å². The van der Waals surface area contributed by atoms with Crippen molar-refractivity contribution in [3.8, 4) is 0 Å². The zero-order valence-corrected chi connectivity index (χ0v) is 28.9. The Kier molecular flexibility index (Phi) is 11.5. The Morgan fingerprint density at radius 3 is 1.64 bits per heavy atom. The molecule has 4 nitrogen and oxygen atoms in total. The number of hydrogen-bond donors (Lipinski definition) is 2. The standard InChI is InChI=1S/2C15H18N2.4C2H6/c1-9-6-10-8-16-17-14(10)13(7-9)15(2)11-4-3-5-12(11)15;1-9-6-7-10-8-16-17-14(10)13(9)15(2)11-4-3-5-12(11)15;4*1-2/h2*6-8,11-12H,3-5H2,1-2H3,(H,16,17);4*1-2H3. The Balaban J connectivity index is 0.000000187. The fraction of sp³-hybridized carbons (Fsp3) is 0.632. The van der Waals surface area contributed by atoms with Crippen LogP contribution in [-0.4, -0.2) is 20.4 Å². The number of rotatable bonds is 2. The second-order valence-corrected chi connectivity index (χ2v) is 12.1. The molecule has 2 N–H and O–H groups in total. The average molecular weight is 573 g/mol. The monoisotopic (exact) mass is 572 g/mol. The van der Waals surface area contributed by atoms with E-state index in [1.807, 2.05) is 67.8 Å². The zero-order valence-electron chi connectivity index (χ0n) is 28.9. The van der Waals surface area contributed by atoms with Crippen molar-refractivity contribution in [2.45, 2.75) is 132 Å². The lowest BCUT2D eigenvalue weighted by Gasteiger charge is -2.19. The molecule has 2 heterocycles. The van der Waals surface area contributed by atoms with Crippen molar-refractivity contribution in [1.29, 1.82) is 0 Å². The molecule has 0 amide bonds. The predicted molar refractivity (Wildman–Crippen MR) is 183 cm³/mol. The molecule has 2 aromatic carbocycles. The van der Waals surface area contributed by atoms with E-state index in [0.717, 1.165) is 23.7 Å². The fourth-order valence-electron chi connectivity index (χ4n) is 8.73.